The van der Waals surface area contributed by atoms with Crippen LogP contribution in [0.15, 0.2) is 16.7 Å². The number of aromatic nitrogens is 1. The summed E-state index contributed by atoms with van der Waals surface area (Å²) in [6.07, 6.45) is 0. The van der Waals surface area contributed by atoms with E-state index in [0.29, 0.717) is 17.2 Å². The van der Waals surface area contributed by atoms with Crippen LogP contribution in [-0.2, 0) is 5.41 Å². The maximum atomic E-state index is 5.49. The van der Waals surface area contributed by atoms with Crippen molar-refractivity contribution in [2.75, 3.05) is 21.3 Å². The molecule has 0 aliphatic heterocycles. The highest BCUT2D eigenvalue weighted by molar-refractivity contribution is 7.34. The Balaban J connectivity index is 2.59. The zero-order chi connectivity index (χ0) is 15.6. The van der Waals surface area contributed by atoms with Crippen LogP contribution in [0.4, 0.5) is 0 Å². The van der Waals surface area contributed by atoms with Crippen molar-refractivity contribution in [1.82, 2.24) is 5.16 Å². The zero-order valence-corrected chi connectivity index (χ0v) is 14.1. The third kappa shape index (κ3) is 3.13. The van der Waals surface area contributed by atoms with Gasteiger partial charge in [-0.05, 0) is 0 Å². The van der Waals surface area contributed by atoms with E-state index in [1.54, 1.807) is 21.3 Å². The summed E-state index contributed by atoms with van der Waals surface area (Å²) in [5.41, 5.74) is 2.40. The summed E-state index contributed by atoms with van der Waals surface area (Å²) in [5.74, 6) is 1.97. The summed E-state index contributed by atoms with van der Waals surface area (Å²) in [5, 5.41) is 4.19. The number of benzene rings is 1. The number of methoxy groups -OCH3 is 3. The van der Waals surface area contributed by atoms with Crippen molar-refractivity contribution in [2.24, 2.45) is 0 Å². The molecular weight excluding hydrogens is 289 g/mol. The average Bonchev–Trinajstić information content (AvgIpc) is 2.95. The second-order valence-corrected chi connectivity index (χ2v) is 6.63. The topological polar surface area (TPSA) is 53.7 Å². The number of hydrogen-bond donors (Lipinski definition) is 0. The fourth-order valence-electron chi connectivity index (χ4n) is 1.86. The number of nitrogens with zero attached hydrogens (tertiary/aromatic N) is 1. The molecule has 6 heteroatoms. The monoisotopic (exact) mass is 309 g/mol. The Morgan fingerprint density at radius 3 is 1.95 bits per heavy atom. The van der Waals surface area contributed by atoms with E-state index in [9.17, 15) is 0 Å². The summed E-state index contributed by atoms with van der Waals surface area (Å²) in [6, 6.07) is 3.62. The lowest BCUT2D eigenvalue weighted by atomic mass is 9.99. The van der Waals surface area contributed by atoms with Crippen molar-refractivity contribution in [2.45, 2.75) is 26.2 Å². The lowest BCUT2D eigenvalue weighted by molar-refractivity contribution is 0.336. The molecule has 1 aromatic heterocycles. The van der Waals surface area contributed by atoms with Crippen LogP contribution < -0.4 is 14.2 Å². The molecule has 0 radical (unpaired) electrons. The average molecular weight is 309 g/mol. The minimum absolute atomic E-state index is 0.0697. The zero-order valence-electron chi connectivity index (χ0n) is 13.2. The molecule has 21 heavy (non-hydrogen) atoms. The van der Waals surface area contributed by atoms with Gasteiger partial charge in [0.15, 0.2) is 5.49 Å². The summed E-state index contributed by atoms with van der Waals surface area (Å²) >= 11 is 0. The van der Waals surface area contributed by atoms with Gasteiger partial charge in [-0.15, -0.1) is 0 Å². The van der Waals surface area contributed by atoms with E-state index in [-0.39, 0.29) is 5.41 Å². The molecule has 0 N–H and O–H groups in total. The second kappa shape index (κ2) is 5.94. The predicted octanol–water partition coefficient (Wildman–Crippen LogP) is 4.25. The van der Waals surface area contributed by atoms with Crippen LogP contribution in [0.2, 0.25) is 0 Å². The third-order valence-corrected chi connectivity index (χ3v) is 4.48. The van der Waals surface area contributed by atoms with Crippen LogP contribution in [0, 0.1) is 0 Å². The second-order valence-electron chi connectivity index (χ2n) is 5.58. The van der Waals surface area contributed by atoms with E-state index in [2.05, 4.69) is 25.9 Å². The Morgan fingerprint density at radius 1 is 1.00 bits per heavy atom. The molecule has 1 heterocycles. The fourth-order valence-corrected chi connectivity index (χ4v) is 2.88. The van der Waals surface area contributed by atoms with Gasteiger partial charge in [0, 0.05) is 25.7 Å². The molecule has 0 fully saturated rings. The van der Waals surface area contributed by atoms with Crippen molar-refractivity contribution in [1.29, 1.82) is 0 Å². The SMILES string of the molecule is COc1cc(OC)c(-c2noc(C(C)(C)C)p2)c(OC)c1. The molecule has 0 spiro atoms. The molecule has 0 amide bonds. The maximum Gasteiger partial charge on any atom is 0.168 e. The molecule has 2 rings (SSSR count). The summed E-state index contributed by atoms with van der Waals surface area (Å²) in [4.78, 5) is 0. The van der Waals surface area contributed by atoms with Gasteiger partial charge in [0.1, 0.15) is 22.7 Å². The van der Waals surface area contributed by atoms with Crippen LogP contribution in [0.3, 0.4) is 0 Å². The molecule has 0 aliphatic rings. The van der Waals surface area contributed by atoms with Crippen LogP contribution in [-0.4, -0.2) is 26.5 Å². The van der Waals surface area contributed by atoms with E-state index < -0.39 is 0 Å². The number of ether oxygens (including phenoxy) is 3. The molecule has 0 atom stereocenters. The molecule has 1 aromatic carbocycles. The first-order chi connectivity index (χ1) is 9.90. The molecule has 114 valence electrons. The molecule has 0 saturated heterocycles. The van der Waals surface area contributed by atoms with Crippen LogP contribution >= 0.6 is 8.19 Å². The summed E-state index contributed by atoms with van der Waals surface area (Å²) < 4.78 is 21.7. The molecule has 5 nitrogen and oxygen atoms in total. The van der Waals surface area contributed by atoms with Crippen molar-refractivity contribution < 1.29 is 18.7 Å². The van der Waals surface area contributed by atoms with Crippen LogP contribution in [0.5, 0.6) is 17.2 Å². The molecule has 2 aromatic rings. The lowest BCUT2D eigenvalue weighted by Gasteiger charge is -2.13. The van der Waals surface area contributed by atoms with E-state index in [0.717, 1.165) is 24.7 Å². The van der Waals surface area contributed by atoms with Crippen molar-refractivity contribution in [3.05, 3.63) is 17.6 Å². The molecule has 0 aliphatic carbocycles. The molecule has 0 bridgehead atoms. The largest absolute Gasteiger partial charge is 0.496 e. The van der Waals surface area contributed by atoms with Gasteiger partial charge in [0.2, 0.25) is 0 Å². The van der Waals surface area contributed by atoms with Gasteiger partial charge in [-0.1, -0.05) is 25.9 Å². The third-order valence-electron chi connectivity index (χ3n) is 3.01. The Kier molecular flexibility index (Phi) is 4.43. The highest BCUT2D eigenvalue weighted by atomic mass is 31.0. The lowest BCUT2D eigenvalue weighted by Crippen LogP contribution is -2.07. The summed E-state index contributed by atoms with van der Waals surface area (Å²) in [6.45, 7) is 6.28. The predicted molar refractivity (Wildman–Crippen MR) is 82.8 cm³/mol. The summed E-state index contributed by atoms with van der Waals surface area (Å²) in [7, 11) is 5.75. The van der Waals surface area contributed by atoms with E-state index in [1.807, 2.05) is 12.1 Å². The molecule has 0 saturated carbocycles. The highest BCUT2D eigenvalue weighted by Crippen LogP contribution is 2.46. The minimum atomic E-state index is -0.0697. The Morgan fingerprint density at radius 2 is 1.57 bits per heavy atom. The van der Waals surface area contributed by atoms with Gasteiger partial charge in [0.05, 0.1) is 26.9 Å². The smallest absolute Gasteiger partial charge is 0.168 e. The van der Waals surface area contributed by atoms with Gasteiger partial charge in [-0.25, -0.2) is 0 Å². The fraction of sp³-hybridized carbons (Fsp3) is 0.467. The van der Waals surface area contributed by atoms with Gasteiger partial charge >= 0.3 is 0 Å². The normalized spacial score (nSPS) is 11.7. The van der Waals surface area contributed by atoms with Crippen LogP contribution in [0.25, 0.3) is 11.0 Å². The van der Waals surface area contributed by atoms with Crippen molar-refractivity contribution in [3.63, 3.8) is 0 Å². The Hall–Kier alpha value is -1.74. The number of hydrogen-bond acceptors (Lipinski definition) is 5. The van der Waals surface area contributed by atoms with Gasteiger partial charge < -0.3 is 18.7 Å². The Bertz CT molecular complexity index is 606. The first-order valence-corrected chi connectivity index (χ1v) is 7.44. The Labute approximate surface area is 126 Å². The van der Waals surface area contributed by atoms with Crippen molar-refractivity contribution >= 4 is 8.19 Å². The molecular formula is C15H20NO4P. The highest BCUT2D eigenvalue weighted by Gasteiger charge is 2.24. The van der Waals surface area contributed by atoms with Gasteiger partial charge in [-0.3, -0.25) is 0 Å². The first kappa shape index (κ1) is 15.6. The van der Waals surface area contributed by atoms with Crippen LogP contribution in [0.1, 0.15) is 26.3 Å². The van der Waals surface area contributed by atoms with E-state index in [1.165, 1.54) is 0 Å². The van der Waals surface area contributed by atoms with E-state index in [4.69, 9.17) is 18.7 Å². The quantitative estimate of drug-likeness (QED) is 0.845. The van der Waals surface area contributed by atoms with Gasteiger partial charge in [0.25, 0.3) is 0 Å². The van der Waals surface area contributed by atoms with Gasteiger partial charge in [-0.2, -0.15) is 0 Å². The standard InChI is InChI=1S/C15H20NO4P/c1-15(2,3)14-20-16-13(21-14)12-10(18-5)7-9(17-4)8-11(12)19-6/h7-8H,1-6H3. The molecule has 0 unspecified atom stereocenters. The maximum absolute atomic E-state index is 5.49. The first-order valence-electron chi connectivity index (χ1n) is 6.55. The van der Waals surface area contributed by atoms with E-state index >= 15 is 0 Å². The number of rotatable bonds is 4. The van der Waals surface area contributed by atoms with Crippen molar-refractivity contribution in [3.8, 4) is 28.2 Å². The minimum Gasteiger partial charge on any atom is -0.496 e.